The zero-order chi connectivity index (χ0) is 21.7. The summed E-state index contributed by atoms with van der Waals surface area (Å²) in [5.41, 5.74) is 3.27. The molecule has 1 fully saturated rings. The Morgan fingerprint density at radius 3 is 1.52 bits per heavy atom. The molecule has 2 amide bonds. The lowest BCUT2D eigenvalue weighted by Crippen LogP contribution is -2.57. The Morgan fingerprint density at radius 2 is 1.10 bits per heavy atom. The van der Waals surface area contributed by atoms with Crippen molar-refractivity contribution >= 4 is 63.9 Å². The van der Waals surface area contributed by atoms with E-state index >= 15 is 0 Å². The molecule has 3 aliphatic carbocycles. The molecule has 2 bridgehead atoms. The molecule has 1 saturated heterocycles. The fourth-order valence-corrected chi connectivity index (χ4v) is 7.03. The van der Waals surface area contributed by atoms with Crippen LogP contribution in [0.2, 0.25) is 10.0 Å². The Morgan fingerprint density at radius 1 is 0.677 bits per heavy atom. The van der Waals surface area contributed by atoms with Crippen LogP contribution in [0.25, 0.3) is 0 Å². The van der Waals surface area contributed by atoms with Gasteiger partial charge >= 0.3 is 0 Å². The third kappa shape index (κ3) is 2.18. The number of halogens is 4. The van der Waals surface area contributed by atoms with Crippen LogP contribution in [-0.2, 0) is 19.3 Å². The lowest BCUT2D eigenvalue weighted by Gasteiger charge is -2.54. The molecule has 0 N–H and O–H groups in total. The lowest BCUT2D eigenvalue weighted by molar-refractivity contribution is -0.122. The smallest absolute Gasteiger partial charge is 0.240 e. The molecule has 7 rings (SSSR count). The quantitative estimate of drug-likeness (QED) is 0.307. The largest absolute Gasteiger partial charge is 0.274 e. The highest BCUT2D eigenvalue weighted by molar-refractivity contribution is 6.41. The number of alkyl halides is 2. The van der Waals surface area contributed by atoms with Crippen molar-refractivity contribution in [2.45, 2.75) is 9.75 Å². The van der Waals surface area contributed by atoms with Gasteiger partial charge in [-0.1, -0.05) is 71.7 Å². The van der Waals surface area contributed by atoms with E-state index in [1.165, 1.54) is 6.07 Å². The number of imide groups is 1. The summed E-state index contributed by atoms with van der Waals surface area (Å²) < 4.78 is 0. The summed E-state index contributed by atoms with van der Waals surface area (Å²) in [6, 6.07) is 19.7. The first-order chi connectivity index (χ1) is 14.8. The van der Waals surface area contributed by atoms with Crippen LogP contribution in [0.1, 0.15) is 22.3 Å². The number of hydrogen-bond acceptors (Lipinski definition) is 2. The Hall–Kier alpha value is -2.04. The fourth-order valence-electron chi connectivity index (χ4n) is 5.56. The average molecular weight is 489 g/mol. The molecular weight excluding hydrogens is 476 g/mol. The van der Waals surface area contributed by atoms with E-state index in [1.54, 1.807) is 12.1 Å². The minimum absolute atomic E-state index is 0.242. The van der Waals surface area contributed by atoms with Crippen molar-refractivity contribution in [1.29, 1.82) is 0 Å². The van der Waals surface area contributed by atoms with Gasteiger partial charge in [-0.05, 0) is 40.5 Å². The minimum atomic E-state index is -1.22. The fraction of sp³-hybridized carbons (Fsp3) is 0.167. The van der Waals surface area contributed by atoms with Gasteiger partial charge in [0, 0.05) is 5.02 Å². The van der Waals surface area contributed by atoms with Crippen molar-refractivity contribution in [3.63, 3.8) is 0 Å². The number of benzene rings is 3. The maximum atomic E-state index is 13.8. The maximum absolute atomic E-state index is 13.8. The Bertz CT molecular complexity index is 1200. The summed E-state index contributed by atoms with van der Waals surface area (Å²) in [6.45, 7) is 0. The van der Waals surface area contributed by atoms with Gasteiger partial charge in [-0.15, -0.1) is 23.2 Å². The van der Waals surface area contributed by atoms with Crippen molar-refractivity contribution < 1.29 is 9.59 Å². The second-order valence-electron chi connectivity index (χ2n) is 8.08. The van der Waals surface area contributed by atoms with Crippen LogP contribution in [0.15, 0.2) is 66.7 Å². The first-order valence-corrected chi connectivity index (χ1v) is 11.2. The molecule has 1 heterocycles. The van der Waals surface area contributed by atoms with Gasteiger partial charge in [-0.25, -0.2) is 4.90 Å². The van der Waals surface area contributed by atoms with Crippen LogP contribution in [0.3, 0.4) is 0 Å². The summed E-state index contributed by atoms with van der Waals surface area (Å²) in [7, 11) is 0. The second-order valence-corrected chi connectivity index (χ2v) is 10.1. The number of anilines is 1. The van der Waals surface area contributed by atoms with E-state index in [9.17, 15) is 9.59 Å². The standard InChI is InChI=1S/C24H13Cl4NO2/c25-12-9-10-17(26)18(11-12)29-21(30)19-20(22(29)31)24(28)14-6-2-1-5-13(14)23(19,27)15-7-3-4-8-16(15)24/h1-11,19-20H/t19-,20+,23?,24?. The molecule has 154 valence electrons. The molecule has 0 saturated carbocycles. The van der Waals surface area contributed by atoms with E-state index in [4.69, 9.17) is 46.4 Å². The van der Waals surface area contributed by atoms with Gasteiger partial charge in [0.2, 0.25) is 11.8 Å². The van der Waals surface area contributed by atoms with Crippen molar-refractivity contribution in [2.24, 2.45) is 11.8 Å². The monoisotopic (exact) mass is 487 g/mol. The molecule has 0 radical (unpaired) electrons. The third-order valence-electron chi connectivity index (χ3n) is 6.73. The predicted molar refractivity (Wildman–Crippen MR) is 122 cm³/mol. The van der Waals surface area contributed by atoms with Crippen LogP contribution < -0.4 is 4.90 Å². The van der Waals surface area contributed by atoms with E-state index in [2.05, 4.69) is 0 Å². The van der Waals surface area contributed by atoms with Gasteiger partial charge < -0.3 is 0 Å². The third-order valence-corrected chi connectivity index (χ3v) is 8.57. The normalized spacial score (nSPS) is 30.3. The van der Waals surface area contributed by atoms with Crippen molar-refractivity contribution in [2.75, 3.05) is 4.90 Å². The van der Waals surface area contributed by atoms with Crippen LogP contribution in [0, 0.1) is 11.8 Å². The molecule has 2 atom stereocenters. The highest BCUT2D eigenvalue weighted by atomic mass is 35.5. The maximum Gasteiger partial charge on any atom is 0.240 e. The van der Waals surface area contributed by atoms with Gasteiger partial charge in [0.25, 0.3) is 0 Å². The highest BCUT2D eigenvalue weighted by Crippen LogP contribution is 2.69. The number of amides is 2. The van der Waals surface area contributed by atoms with E-state index < -0.39 is 33.4 Å². The van der Waals surface area contributed by atoms with E-state index in [0.29, 0.717) is 5.02 Å². The summed E-state index contributed by atoms with van der Waals surface area (Å²) >= 11 is 27.3. The molecule has 3 nitrogen and oxygen atoms in total. The van der Waals surface area contributed by atoms with Gasteiger partial charge in [-0.3, -0.25) is 9.59 Å². The first kappa shape index (κ1) is 19.6. The van der Waals surface area contributed by atoms with Gasteiger partial charge in [0.15, 0.2) is 0 Å². The molecule has 7 heteroatoms. The van der Waals surface area contributed by atoms with Crippen LogP contribution in [0.5, 0.6) is 0 Å². The van der Waals surface area contributed by atoms with Crippen LogP contribution in [0.4, 0.5) is 5.69 Å². The molecule has 3 aromatic carbocycles. The average Bonchev–Trinajstić information content (AvgIpc) is 3.05. The lowest BCUT2D eigenvalue weighted by atomic mass is 9.54. The number of nitrogens with zero attached hydrogens (tertiary/aromatic N) is 1. The molecule has 0 spiro atoms. The molecule has 31 heavy (non-hydrogen) atoms. The Balaban J connectivity index is 1.67. The topological polar surface area (TPSA) is 37.4 Å². The minimum Gasteiger partial charge on any atom is -0.274 e. The number of carbonyl (C=O) groups excluding carboxylic acids is 2. The highest BCUT2D eigenvalue weighted by Gasteiger charge is 2.73. The van der Waals surface area contributed by atoms with Gasteiger partial charge in [-0.2, -0.15) is 0 Å². The zero-order valence-electron chi connectivity index (χ0n) is 15.8. The molecule has 3 aromatic rings. The number of rotatable bonds is 1. The van der Waals surface area contributed by atoms with Crippen molar-refractivity contribution in [3.8, 4) is 0 Å². The Kier molecular flexibility index (Phi) is 3.97. The zero-order valence-corrected chi connectivity index (χ0v) is 18.8. The number of hydrogen-bond donors (Lipinski definition) is 0. The van der Waals surface area contributed by atoms with Gasteiger partial charge in [0.1, 0.15) is 9.75 Å². The second kappa shape index (κ2) is 6.26. The van der Waals surface area contributed by atoms with Crippen molar-refractivity contribution in [3.05, 3.63) is 99.0 Å². The van der Waals surface area contributed by atoms with E-state index in [-0.39, 0.29) is 10.7 Å². The SMILES string of the molecule is O=C1[C@@H]2[C@H](C(=O)N1c1cc(Cl)ccc1Cl)C1(Cl)c3ccccc3C2(Cl)c2ccccc21. The molecule has 1 aliphatic heterocycles. The molecule has 0 unspecified atom stereocenters. The molecule has 4 aliphatic rings. The first-order valence-electron chi connectivity index (χ1n) is 9.72. The summed E-state index contributed by atoms with van der Waals surface area (Å²) in [4.78, 5) is 26.3. The molecular formula is C24H13Cl4NO2. The number of carbonyl (C=O) groups is 2. The summed E-state index contributed by atoms with van der Waals surface area (Å²) in [6.07, 6.45) is 0. The van der Waals surface area contributed by atoms with Crippen LogP contribution in [-0.4, -0.2) is 11.8 Å². The molecule has 0 aromatic heterocycles. The summed E-state index contributed by atoms with van der Waals surface area (Å²) in [5.74, 6) is -2.61. The van der Waals surface area contributed by atoms with E-state index in [0.717, 1.165) is 27.2 Å². The summed E-state index contributed by atoms with van der Waals surface area (Å²) in [5, 5.41) is 0.616. The van der Waals surface area contributed by atoms with Crippen molar-refractivity contribution in [1.82, 2.24) is 0 Å². The van der Waals surface area contributed by atoms with Crippen LogP contribution >= 0.6 is 46.4 Å². The van der Waals surface area contributed by atoms with Gasteiger partial charge in [0.05, 0.1) is 22.5 Å². The predicted octanol–water partition coefficient (Wildman–Crippen LogP) is 6.09. The Labute approximate surface area is 198 Å². The van der Waals surface area contributed by atoms with E-state index in [1.807, 2.05) is 48.5 Å².